The first-order chi connectivity index (χ1) is 12.8. The molecule has 2 aromatic heterocycles. The molecule has 8 heteroatoms. The smallest absolute Gasteiger partial charge is 0.185 e. The lowest BCUT2D eigenvalue weighted by Gasteiger charge is -2.31. The first-order valence-corrected chi connectivity index (χ1v) is 10.3. The Morgan fingerprint density at radius 2 is 2.15 bits per heavy atom. The van der Waals surface area contributed by atoms with Crippen LogP contribution in [0.4, 0.5) is 5.13 Å². The first kappa shape index (κ1) is 17.9. The fourth-order valence-electron chi connectivity index (χ4n) is 3.75. The van der Waals surface area contributed by atoms with Crippen LogP contribution in [0.3, 0.4) is 0 Å². The third kappa shape index (κ3) is 4.25. The maximum absolute atomic E-state index is 9.06. The summed E-state index contributed by atoms with van der Waals surface area (Å²) in [6.07, 6.45) is 6.40. The van der Waals surface area contributed by atoms with Crippen LogP contribution in [-0.4, -0.2) is 70.8 Å². The Kier molecular flexibility index (Phi) is 5.84. The van der Waals surface area contributed by atoms with Crippen molar-refractivity contribution < 1.29 is 9.84 Å². The summed E-state index contributed by atoms with van der Waals surface area (Å²) in [6.45, 7) is 7.33. The molecule has 0 amide bonds. The number of ether oxygens (including phenoxy) is 1. The standard InChI is InChI=1S/C18H27N5O2S/c24-9-6-23-5-3-17(20-23)15-2-1-4-21(13-15)14-16-12-19-18(26-16)22-7-10-25-11-8-22/h3,5,12,15,24H,1-2,4,6-11,13-14H2. The van der Waals surface area contributed by atoms with E-state index in [0.29, 0.717) is 12.5 Å². The van der Waals surface area contributed by atoms with Crippen LogP contribution in [0.25, 0.3) is 0 Å². The number of hydrogen-bond acceptors (Lipinski definition) is 7. The SMILES string of the molecule is OCCn1ccc(C2CCCN(Cc3cnc(N4CCOCC4)s3)C2)n1. The molecule has 7 nitrogen and oxygen atoms in total. The van der Waals surface area contributed by atoms with E-state index in [1.807, 2.05) is 28.4 Å². The number of thiazole rings is 1. The first-order valence-electron chi connectivity index (χ1n) is 9.46. The molecule has 0 radical (unpaired) electrons. The zero-order chi connectivity index (χ0) is 17.8. The van der Waals surface area contributed by atoms with E-state index in [9.17, 15) is 0 Å². The number of morpholine rings is 1. The van der Waals surface area contributed by atoms with Gasteiger partial charge in [-0.05, 0) is 25.5 Å². The van der Waals surface area contributed by atoms with E-state index < -0.39 is 0 Å². The van der Waals surface area contributed by atoms with Crippen molar-refractivity contribution in [3.8, 4) is 0 Å². The Balaban J connectivity index is 1.35. The molecule has 2 aromatic rings. The number of rotatable bonds is 6. The van der Waals surface area contributed by atoms with E-state index in [4.69, 9.17) is 9.84 Å². The average Bonchev–Trinajstić information content (AvgIpc) is 3.33. The summed E-state index contributed by atoms with van der Waals surface area (Å²) in [7, 11) is 0. The molecular formula is C18H27N5O2S. The number of anilines is 1. The van der Waals surface area contributed by atoms with Gasteiger partial charge in [-0.3, -0.25) is 9.58 Å². The fraction of sp³-hybridized carbons (Fsp3) is 0.667. The van der Waals surface area contributed by atoms with Gasteiger partial charge >= 0.3 is 0 Å². The van der Waals surface area contributed by atoms with Gasteiger partial charge in [0.1, 0.15) is 0 Å². The molecule has 2 saturated heterocycles. The molecule has 2 fully saturated rings. The highest BCUT2D eigenvalue weighted by Gasteiger charge is 2.24. The number of piperidine rings is 1. The third-order valence-electron chi connectivity index (χ3n) is 5.12. The van der Waals surface area contributed by atoms with Crippen molar-refractivity contribution in [1.82, 2.24) is 19.7 Å². The summed E-state index contributed by atoms with van der Waals surface area (Å²) in [6, 6.07) is 2.10. The molecule has 4 heterocycles. The number of aromatic nitrogens is 3. The number of aliphatic hydroxyl groups excluding tert-OH is 1. The average molecular weight is 378 g/mol. The molecule has 0 aliphatic carbocycles. The molecular weight excluding hydrogens is 350 g/mol. The van der Waals surface area contributed by atoms with Gasteiger partial charge in [0.2, 0.25) is 0 Å². The zero-order valence-corrected chi connectivity index (χ0v) is 15.9. The Hall–Kier alpha value is -1.48. The monoisotopic (exact) mass is 377 g/mol. The van der Waals surface area contributed by atoms with Crippen molar-refractivity contribution in [2.75, 3.05) is 50.9 Å². The second kappa shape index (κ2) is 8.47. The summed E-state index contributed by atoms with van der Waals surface area (Å²) >= 11 is 1.81. The lowest BCUT2D eigenvalue weighted by molar-refractivity contribution is 0.122. The van der Waals surface area contributed by atoms with Crippen LogP contribution in [0.5, 0.6) is 0 Å². The van der Waals surface area contributed by atoms with Gasteiger partial charge in [-0.2, -0.15) is 5.10 Å². The minimum absolute atomic E-state index is 0.134. The topological polar surface area (TPSA) is 66.7 Å². The van der Waals surface area contributed by atoms with Crippen LogP contribution in [0.1, 0.15) is 29.3 Å². The Bertz CT molecular complexity index is 697. The minimum atomic E-state index is 0.134. The van der Waals surface area contributed by atoms with Crippen molar-refractivity contribution in [2.24, 2.45) is 0 Å². The van der Waals surface area contributed by atoms with Crippen molar-refractivity contribution in [1.29, 1.82) is 0 Å². The Labute approximate surface area is 158 Å². The lowest BCUT2D eigenvalue weighted by Crippen LogP contribution is -2.36. The van der Waals surface area contributed by atoms with E-state index in [0.717, 1.165) is 56.8 Å². The highest BCUT2D eigenvalue weighted by molar-refractivity contribution is 7.15. The van der Waals surface area contributed by atoms with E-state index in [-0.39, 0.29) is 6.61 Å². The summed E-state index contributed by atoms with van der Waals surface area (Å²) in [4.78, 5) is 10.8. The largest absolute Gasteiger partial charge is 0.394 e. The highest BCUT2D eigenvalue weighted by atomic mass is 32.1. The summed E-state index contributed by atoms with van der Waals surface area (Å²) in [5.74, 6) is 0.482. The van der Waals surface area contributed by atoms with Crippen LogP contribution < -0.4 is 4.90 Å². The molecule has 1 atom stereocenters. The number of aliphatic hydroxyl groups is 1. The van der Waals surface area contributed by atoms with Gasteiger partial charge in [-0.1, -0.05) is 0 Å². The van der Waals surface area contributed by atoms with Gasteiger partial charge in [-0.25, -0.2) is 4.98 Å². The molecule has 0 bridgehead atoms. The van der Waals surface area contributed by atoms with E-state index in [1.165, 1.54) is 17.7 Å². The van der Waals surface area contributed by atoms with Crippen molar-refractivity contribution in [3.05, 3.63) is 29.0 Å². The molecule has 142 valence electrons. The molecule has 1 N–H and O–H groups in total. The third-order valence-corrected chi connectivity index (χ3v) is 6.16. The van der Waals surface area contributed by atoms with Crippen molar-refractivity contribution in [3.63, 3.8) is 0 Å². The van der Waals surface area contributed by atoms with Crippen LogP contribution >= 0.6 is 11.3 Å². The second-order valence-electron chi connectivity index (χ2n) is 7.01. The Morgan fingerprint density at radius 1 is 1.27 bits per heavy atom. The normalized spacial score (nSPS) is 22.0. The predicted octanol–water partition coefficient (Wildman–Crippen LogP) is 1.55. The van der Waals surface area contributed by atoms with Gasteiger partial charge in [-0.15, -0.1) is 11.3 Å². The molecule has 0 aromatic carbocycles. The van der Waals surface area contributed by atoms with E-state index >= 15 is 0 Å². The van der Waals surface area contributed by atoms with E-state index in [1.54, 1.807) is 0 Å². The minimum Gasteiger partial charge on any atom is -0.394 e. The Morgan fingerprint density at radius 3 is 3.00 bits per heavy atom. The van der Waals surface area contributed by atoms with Gasteiger partial charge in [0.15, 0.2) is 5.13 Å². The summed E-state index contributed by atoms with van der Waals surface area (Å²) < 4.78 is 7.27. The van der Waals surface area contributed by atoms with Crippen LogP contribution in [0, 0.1) is 0 Å². The van der Waals surface area contributed by atoms with Crippen molar-refractivity contribution in [2.45, 2.75) is 31.8 Å². The molecule has 4 rings (SSSR count). The van der Waals surface area contributed by atoms with Crippen LogP contribution in [0.2, 0.25) is 0 Å². The van der Waals surface area contributed by atoms with Crippen LogP contribution in [-0.2, 0) is 17.8 Å². The van der Waals surface area contributed by atoms with Crippen LogP contribution in [0.15, 0.2) is 18.5 Å². The number of likely N-dealkylation sites (tertiary alicyclic amines) is 1. The second-order valence-corrected chi connectivity index (χ2v) is 8.10. The molecule has 2 aliphatic rings. The number of nitrogens with zero attached hydrogens (tertiary/aromatic N) is 5. The fourth-order valence-corrected chi connectivity index (χ4v) is 4.76. The molecule has 0 saturated carbocycles. The predicted molar refractivity (Wildman–Crippen MR) is 102 cm³/mol. The summed E-state index contributed by atoms with van der Waals surface area (Å²) in [5, 5.41) is 14.8. The highest BCUT2D eigenvalue weighted by Crippen LogP contribution is 2.29. The number of hydrogen-bond donors (Lipinski definition) is 1. The van der Waals surface area contributed by atoms with Gasteiger partial charge in [0.25, 0.3) is 0 Å². The van der Waals surface area contributed by atoms with Gasteiger partial charge < -0.3 is 14.7 Å². The molecule has 0 spiro atoms. The quantitative estimate of drug-likeness (QED) is 0.824. The maximum atomic E-state index is 9.06. The molecule has 2 aliphatic heterocycles. The molecule has 1 unspecified atom stereocenters. The van der Waals surface area contributed by atoms with E-state index in [2.05, 4.69) is 25.9 Å². The lowest BCUT2D eigenvalue weighted by atomic mass is 9.95. The zero-order valence-electron chi connectivity index (χ0n) is 15.1. The maximum Gasteiger partial charge on any atom is 0.185 e. The summed E-state index contributed by atoms with van der Waals surface area (Å²) in [5.41, 5.74) is 1.15. The molecule has 26 heavy (non-hydrogen) atoms. The van der Waals surface area contributed by atoms with Crippen molar-refractivity contribution >= 4 is 16.5 Å². The van der Waals surface area contributed by atoms with Gasteiger partial charge in [0, 0.05) is 49.4 Å². The van der Waals surface area contributed by atoms with Gasteiger partial charge in [0.05, 0.1) is 32.1 Å².